The first-order valence-corrected chi connectivity index (χ1v) is 4.46. The third kappa shape index (κ3) is 1.33. The molecule has 2 N–H and O–H groups in total. The lowest BCUT2D eigenvalue weighted by Gasteiger charge is -1.95. The average molecular weight is 240 g/mol. The molecule has 1 heterocycles. The minimum absolute atomic E-state index is 0.161. The van der Waals surface area contributed by atoms with Gasteiger partial charge in [-0.25, -0.2) is 0 Å². The maximum atomic E-state index is 10.4. The van der Waals surface area contributed by atoms with Crippen LogP contribution in [0.4, 0.5) is 0 Å². The smallest absolute Gasteiger partial charge is 0.166 e. The van der Waals surface area contributed by atoms with E-state index in [4.69, 9.17) is 0 Å². The van der Waals surface area contributed by atoms with Crippen molar-refractivity contribution in [1.82, 2.24) is 4.98 Å². The number of nitrogens with one attached hydrogen (secondary N) is 1. The zero-order chi connectivity index (χ0) is 9.42. The van der Waals surface area contributed by atoms with Crippen molar-refractivity contribution >= 4 is 33.1 Å². The number of aromatic hydroxyl groups is 1. The summed E-state index contributed by atoms with van der Waals surface area (Å²) in [4.78, 5) is 13.3. The zero-order valence-electron chi connectivity index (χ0n) is 6.54. The molecule has 0 saturated heterocycles. The lowest BCUT2D eigenvalue weighted by molar-refractivity contribution is 0.112. The Hall–Kier alpha value is -1.29. The number of benzene rings is 1. The number of aromatic nitrogens is 1. The summed E-state index contributed by atoms with van der Waals surface area (Å²) in [5.41, 5.74) is 1.21. The quantitative estimate of drug-likeness (QED) is 0.752. The Bertz CT molecular complexity index is 476. The van der Waals surface area contributed by atoms with Gasteiger partial charge in [-0.2, -0.15) is 0 Å². The van der Waals surface area contributed by atoms with E-state index in [9.17, 15) is 9.90 Å². The number of aromatic amines is 1. The number of halogens is 1. The number of aldehydes is 1. The van der Waals surface area contributed by atoms with E-state index in [-0.39, 0.29) is 5.75 Å². The lowest BCUT2D eigenvalue weighted by atomic mass is 10.2. The van der Waals surface area contributed by atoms with Gasteiger partial charge in [0.1, 0.15) is 5.75 Å². The zero-order valence-corrected chi connectivity index (χ0v) is 8.13. The molecule has 2 rings (SSSR count). The first-order chi connectivity index (χ1) is 6.20. The van der Waals surface area contributed by atoms with E-state index in [0.717, 1.165) is 9.99 Å². The normalized spacial score (nSPS) is 10.5. The Kier molecular flexibility index (Phi) is 1.84. The molecular weight excluding hydrogens is 234 g/mol. The average Bonchev–Trinajstić information content (AvgIpc) is 2.47. The minimum atomic E-state index is 0.161. The van der Waals surface area contributed by atoms with Crippen LogP contribution in [0.3, 0.4) is 0 Å². The summed E-state index contributed by atoms with van der Waals surface area (Å²) in [6.45, 7) is 0. The van der Waals surface area contributed by atoms with E-state index < -0.39 is 0 Å². The van der Waals surface area contributed by atoms with Gasteiger partial charge in [0, 0.05) is 9.86 Å². The molecular formula is C9H6BrNO2. The summed E-state index contributed by atoms with van der Waals surface area (Å²) < 4.78 is 0.775. The molecule has 1 aromatic carbocycles. The Morgan fingerprint density at radius 1 is 1.38 bits per heavy atom. The predicted octanol–water partition coefficient (Wildman–Crippen LogP) is 2.45. The minimum Gasteiger partial charge on any atom is -0.507 e. The van der Waals surface area contributed by atoms with Crippen molar-refractivity contribution < 1.29 is 9.90 Å². The summed E-state index contributed by atoms with van der Waals surface area (Å²) in [6, 6.07) is 5.01. The van der Waals surface area contributed by atoms with E-state index in [0.29, 0.717) is 17.4 Å². The molecule has 0 aliphatic carbocycles. The molecule has 0 saturated carbocycles. The number of hydrogen-bond donors (Lipinski definition) is 2. The number of phenols is 1. The number of H-pyrrole nitrogens is 1. The second kappa shape index (κ2) is 2.88. The topological polar surface area (TPSA) is 53.1 Å². The molecule has 2 aromatic rings. The highest BCUT2D eigenvalue weighted by Gasteiger charge is 2.05. The van der Waals surface area contributed by atoms with Gasteiger partial charge in [-0.3, -0.25) is 4.79 Å². The van der Waals surface area contributed by atoms with Gasteiger partial charge in [0.15, 0.2) is 6.29 Å². The molecule has 1 aromatic heterocycles. The van der Waals surface area contributed by atoms with Crippen molar-refractivity contribution in [1.29, 1.82) is 0 Å². The fourth-order valence-electron chi connectivity index (χ4n) is 1.27. The summed E-state index contributed by atoms with van der Waals surface area (Å²) in [5.74, 6) is 0.161. The van der Waals surface area contributed by atoms with Crippen molar-refractivity contribution in [3.8, 4) is 5.75 Å². The number of fused-ring (bicyclic) bond motifs is 1. The van der Waals surface area contributed by atoms with Crippen LogP contribution in [0.5, 0.6) is 5.75 Å². The van der Waals surface area contributed by atoms with Gasteiger partial charge < -0.3 is 10.1 Å². The third-order valence-corrected chi connectivity index (χ3v) is 2.29. The molecule has 4 heteroatoms. The van der Waals surface area contributed by atoms with Crippen LogP contribution in [-0.4, -0.2) is 16.4 Å². The van der Waals surface area contributed by atoms with Crippen LogP contribution >= 0.6 is 15.9 Å². The molecule has 0 amide bonds. The first-order valence-electron chi connectivity index (χ1n) is 3.67. The van der Waals surface area contributed by atoms with Gasteiger partial charge in [0.05, 0.1) is 11.2 Å². The molecule has 0 unspecified atom stereocenters. The first kappa shape index (κ1) is 8.31. The van der Waals surface area contributed by atoms with Crippen molar-refractivity contribution in [3.63, 3.8) is 0 Å². The fourth-order valence-corrected chi connectivity index (χ4v) is 1.72. The Morgan fingerprint density at radius 3 is 2.85 bits per heavy atom. The van der Waals surface area contributed by atoms with Crippen LogP contribution in [-0.2, 0) is 0 Å². The van der Waals surface area contributed by atoms with E-state index in [1.165, 1.54) is 0 Å². The molecule has 0 aliphatic rings. The fraction of sp³-hybridized carbons (Fsp3) is 0. The maximum Gasteiger partial charge on any atom is 0.166 e. The number of rotatable bonds is 1. The highest BCUT2D eigenvalue weighted by molar-refractivity contribution is 9.10. The van der Waals surface area contributed by atoms with Crippen molar-refractivity contribution in [3.05, 3.63) is 28.4 Å². The van der Waals surface area contributed by atoms with Gasteiger partial charge in [0.25, 0.3) is 0 Å². The highest BCUT2D eigenvalue weighted by Crippen LogP contribution is 2.29. The molecule has 66 valence electrons. The summed E-state index contributed by atoms with van der Waals surface area (Å²) in [5, 5.41) is 10.2. The van der Waals surface area contributed by atoms with E-state index in [2.05, 4.69) is 20.9 Å². The Balaban J connectivity index is 2.82. The van der Waals surface area contributed by atoms with E-state index in [1.807, 2.05) is 6.07 Å². The summed E-state index contributed by atoms with van der Waals surface area (Å²) >= 11 is 3.25. The number of carbonyl (C=O) groups excluding carboxylic acids is 1. The monoisotopic (exact) mass is 239 g/mol. The van der Waals surface area contributed by atoms with Crippen molar-refractivity contribution in [2.45, 2.75) is 0 Å². The van der Waals surface area contributed by atoms with Gasteiger partial charge in [-0.05, 0) is 18.2 Å². The van der Waals surface area contributed by atoms with Crippen molar-refractivity contribution in [2.24, 2.45) is 0 Å². The molecule has 0 bridgehead atoms. The van der Waals surface area contributed by atoms with Gasteiger partial charge in [-0.15, -0.1) is 0 Å². The van der Waals surface area contributed by atoms with E-state index in [1.54, 1.807) is 12.1 Å². The standard InChI is InChI=1S/C9H6BrNO2/c10-5-1-8-7(9(13)2-5)3-6(4-12)11-8/h1-4,11,13H. The van der Waals surface area contributed by atoms with Crippen LogP contribution in [0, 0.1) is 0 Å². The number of carbonyl (C=O) groups is 1. The van der Waals surface area contributed by atoms with Crippen LogP contribution in [0.2, 0.25) is 0 Å². The van der Waals surface area contributed by atoms with Gasteiger partial charge in [0.2, 0.25) is 0 Å². The predicted molar refractivity (Wildman–Crippen MR) is 53.1 cm³/mol. The van der Waals surface area contributed by atoms with Crippen molar-refractivity contribution in [2.75, 3.05) is 0 Å². The number of phenolic OH excluding ortho intramolecular Hbond substituents is 1. The largest absolute Gasteiger partial charge is 0.507 e. The van der Waals surface area contributed by atoms with Crippen LogP contribution in [0.25, 0.3) is 10.9 Å². The molecule has 0 spiro atoms. The maximum absolute atomic E-state index is 10.4. The molecule has 3 nitrogen and oxygen atoms in total. The van der Waals surface area contributed by atoms with Gasteiger partial charge >= 0.3 is 0 Å². The molecule has 13 heavy (non-hydrogen) atoms. The highest BCUT2D eigenvalue weighted by atomic mass is 79.9. The molecule has 0 radical (unpaired) electrons. The number of hydrogen-bond acceptors (Lipinski definition) is 2. The Morgan fingerprint density at radius 2 is 2.15 bits per heavy atom. The molecule has 0 fully saturated rings. The summed E-state index contributed by atoms with van der Waals surface area (Å²) in [6.07, 6.45) is 0.716. The van der Waals surface area contributed by atoms with Gasteiger partial charge in [-0.1, -0.05) is 15.9 Å². The lowest BCUT2D eigenvalue weighted by Crippen LogP contribution is -1.74. The third-order valence-electron chi connectivity index (χ3n) is 1.83. The van der Waals surface area contributed by atoms with E-state index >= 15 is 0 Å². The molecule has 0 aliphatic heterocycles. The van der Waals surface area contributed by atoms with Crippen LogP contribution < -0.4 is 0 Å². The SMILES string of the molecule is O=Cc1cc2c(O)cc(Br)cc2[nH]1. The van der Waals surface area contributed by atoms with Crippen LogP contribution in [0.15, 0.2) is 22.7 Å². The second-order valence-corrected chi connectivity index (χ2v) is 3.64. The van der Waals surface area contributed by atoms with Crippen LogP contribution in [0.1, 0.15) is 10.5 Å². The second-order valence-electron chi connectivity index (χ2n) is 2.73. The molecule has 0 atom stereocenters. The summed E-state index contributed by atoms with van der Waals surface area (Å²) in [7, 11) is 0. The Labute approximate surface area is 82.5 Å².